The Bertz CT molecular complexity index is 331. The maximum Gasteiger partial charge on any atom is 0.320 e. The highest BCUT2D eigenvalue weighted by atomic mass is 16.4. The van der Waals surface area contributed by atoms with Crippen LogP contribution >= 0.6 is 0 Å². The number of hydrogen-bond donors (Lipinski definition) is 2. The summed E-state index contributed by atoms with van der Waals surface area (Å²) in [4.78, 5) is 22.6. The van der Waals surface area contributed by atoms with E-state index in [0.717, 1.165) is 12.8 Å². The molecule has 0 aliphatic heterocycles. The van der Waals surface area contributed by atoms with E-state index in [4.69, 9.17) is 10.8 Å². The number of hydrogen-bond acceptors (Lipinski definition) is 3. The first-order valence-electron chi connectivity index (χ1n) is 9.97. The molecule has 0 bridgehead atoms. The monoisotopic (exact) mass is 341 g/mol. The van der Waals surface area contributed by atoms with Gasteiger partial charge in [-0.15, -0.1) is 0 Å². The topological polar surface area (TPSA) is 80.4 Å². The van der Waals surface area contributed by atoms with E-state index in [-0.39, 0.29) is 11.7 Å². The fraction of sp³-hybridized carbons (Fsp3) is 0.900. The number of carbonyl (C=O) groups is 2. The van der Waals surface area contributed by atoms with E-state index in [9.17, 15) is 9.59 Å². The number of carboxylic acids is 1. The molecule has 4 nitrogen and oxygen atoms in total. The maximum absolute atomic E-state index is 11.9. The average molecular weight is 342 g/mol. The van der Waals surface area contributed by atoms with Crippen LogP contribution in [0.15, 0.2) is 0 Å². The summed E-state index contributed by atoms with van der Waals surface area (Å²) in [6, 6.07) is -0.852. The lowest BCUT2D eigenvalue weighted by Gasteiger charge is -2.13. The van der Waals surface area contributed by atoms with E-state index in [0.29, 0.717) is 19.3 Å². The van der Waals surface area contributed by atoms with Crippen LogP contribution in [0, 0.1) is 5.92 Å². The molecule has 0 aromatic rings. The zero-order valence-electron chi connectivity index (χ0n) is 15.9. The minimum absolute atomic E-state index is 0.0521. The third-order valence-corrected chi connectivity index (χ3v) is 4.61. The van der Waals surface area contributed by atoms with Crippen LogP contribution in [0.3, 0.4) is 0 Å². The van der Waals surface area contributed by atoms with Crippen LogP contribution in [0.1, 0.15) is 104 Å². The van der Waals surface area contributed by atoms with E-state index >= 15 is 0 Å². The molecule has 2 atom stereocenters. The first-order chi connectivity index (χ1) is 11.5. The van der Waals surface area contributed by atoms with Crippen molar-refractivity contribution in [2.24, 2.45) is 11.7 Å². The molecular formula is C20H39NO3. The molecule has 0 heterocycles. The molecule has 0 fully saturated rings. The smallest absolute Gasteiger partial charge is 0.320 e. The molecule has 0 aromatic carbocycles. The Morgan fingerprint density at radius 1 is 0.875 bits per heavy atom. The number of unbranched alkanes of at least 4 members (excludes halogenated alkanes) is 10. The Morgan fingerprint density at radius 2 is 1.33 bits per heavy atom. The van der Waals surface area contributed by atoms with Crippen LogP contribution in [-0.2, 0) is 9.59 Å². The van der Waals surface area contributed by atoms with Crippen LogP contribution in [0.4, 0.5) is 0 Å². The molecule has 4 heteroatoms. The van der Waals surface area contributed by atoms with Crippen LogP contribution < -0.4 is 5.73 Å². The quantitative estimate of drug-likeness (QED) is 0.361. The van der Waals surface area contributed by atoms with Gasteiger partial charge < -0.3 is 10.8 Å². The van der Waals surface area contributed by atoms with Gasteiger partial charge in [-0.05, 0) is 18.8 Å². The Hall–Kier alpha value is -0.900. The number of ketones is 1. The summed E-state index contributed by atoms with van der Waals surface area (Å²) in [7, 11) is 0. The second kappa shape index (κ2) is 15.6. The van der Waals surface area contributed by atoms with Gasteiger partial charge in [0.25, 0.3) is 0 Å². The van der Waals surface area contributed by atoms with Crippen molar-refractivity contribution in [2.75, 3.05) is 0 Å². The summed E-state index contributed by atoms with van der Waals surface area (Å²) < 4.78 is 0. The van der Waals surface area contributed by atoms with E-state index in [2.05, 4.69) is 6.92 Å². The number of rotatable bonds is 17. The normalized spacial score (nSPS) is 13.6. The van der Waals surface area contributed by atoms with E-state index in [1.165, 1.54) is 57.8 Å². The Kier molecular flexibility index (Phi) is 15.0. The van der Waals surface area contributed by atoms with Crippen molar-refractivity contribution in [3.8, 4) is 0 Å². The molecule has 3 N–H and O–H groups in total. The zero-order valence-corrected chi connectivity index (χ0v) is 15.9. The van der Waals surface area contributed by atoms with Gasteiger partial charge in [0.15, 0.2) is 0 Å². The number of nitrogens with two attached hydrogens (primary N) is 1. The van der Waals surface area contributed by atoms with Gasteiger partial charge in [0.1, 0.15) is 11.8 Å². The van der Waals surface area contributed by atoms with Gasteiger partial charge in [0, 0.05) is 12.8 Å². The highest BCUT2D eigenvalue weighted by Gasteiger charge is 2.17. The fourth-order valence-electron chi connectivity index (χ4n) is 3.09. The summed E-state index contributed by atoms with van der Waals surface area (Å²) in [5.74, 6) is -0.688. The lowest BCUT2D eigenvalue weighted by atomic mass is 9.94. The molecule has 0 rings (SSSR count). The van der Waals surface area contributed by atoms with Crippen molar-refractivity contribution in [3.05, 3.63) is 0 Å². The van der Waals surface area contributed by atoms with Gasteiger partial charge in [-0.2, -0.15) is 0 Å². The Labute approximate surface area is 148 Å². The number of aliphatic carboxylic acids is 1. The summed E-state index contributed by atoms with van der Waals surface area (Å²) >= 11 is 0. The minimum Gasteiger partial charge on any atom is -0.480 e. The molecule has 1 unspecified atom stereocenters. The standard InChI is InChI=1S/C20H39NO3/c1-3-4-5-6-7-8-9-10-11-12-13-14-18(22)15-17(2)16-19(21)20(23)24/h17,19H,3-16,21H2,1-2H3,(H,23,24)/t17?,19-/m1/s1. The van der Waals surface area contributed by atoms with Gasteiger partial charge >= 0.3 is 5.97 Å². The second-order valence-corrected chi connectivity index (χ2v) is 7.31. The molecule has 0 amide bonds. The highest BCUT2D eigenvalue weighted by molar-refractivity contribution is 5.78. The summed E-state index contributed by atoms with van der Waals surface area (Å²) in [5, 5.41) is 8.77. The molecule has 0 aromatic heterocycles. The van der Waals surface area contributed by atoms with Gasteiger partial charge in [0.2, 0.25) is 0 Å². The fourth-order valence-corrected chi connectivity index (χ4v) is 3.09. The number of Topliss-reactive ketones (excluding diaryl/α,β-unsaturated/α-hetero) is 1. The molecule has 0 aliphatic carbocycles. The van der Waals surface area contributed by atoms with Gasteiger partial charge in [0.05, 0.1) is 0 Å². The summed E-state index contributed by atoms with van der Waals surface area (Å²) in [6.07, 6.45) is 15.6. The third kappa shape index (κ3) is 14.7. The minimum atomic E-state index is -0.986. The first-order valence-corrected chi connectivity index (χ1v) is 9.97. The molecule has 0 spiro atoms. The van der Waals surface area contributed by atoms with Crippen molar-refractivity contribution in [1.29, 1.82) is 0 Å². The SMILES string of the molecule is CCCCCCCCCCCCCC(=O)CC(C)C[C@@H](N)C(=O)O. The first kappa shape index (κ1) is 23.1. The van der Waals surface area contributed by atoms with E-state index in [1.807, 2.05) is 6.92 Å². The van der Waals surface area contributed by atoms with Crippen LogP contribution in [-0.4, -0.2) is 22.9 Å². The highest BCUT2D eigenvalue weighted by Crippen LogP contribution is 2.15. The van der Waals surface area contributed by atoms with Crippen LogP contribution in [0.5, 0.6) is 0 Å². The van der Waals surface area contributed by atoms with Crippen molar-refractivity contribution in [3.63, 3.8) is 0 Å². The van der Waals surface area contributed by atoms with Crippen molar-refractivity contribution in [1.82, 2.24) is 0 Å². The average Bonchev–Trinajstić information content (AvgIpc) is 2.52. The van der Waals surface area contributed by atoms with E-state index in [1.54, 1.807) is 0 Å². The molecule has 0 saturated carbocycles. The zero-order chi connectivity index (χ0) is 18.2. The lowest BCUT2D eigenvalue weighted by Crippen LogP contribution is -2.32. The predicted molar refractivity (Wildman–Crippen MR) is 100 cm³/mol. The van der Waals surface area contributed by atoms with Crippen LogP contribution in [0.25, 0.3) is 0 Å². The Balaban J connectivity index is 3.41. The van der Waals surface area contributed by atoms with Crippen molar-refractivity contribution >= 4 is 11.8 Å². The second-order valence-electron chi connectivity index (χ2n) is 7.31. The summed E-state index contributed by atoms with van der Waals surface area (Å²) in [6.45, 7) is 4.15. The maximum atomic E-state index is 11.9. The van der Waals surface area contributed by atoms with E-state index < -0.39 is 12.0 Å². The molecule has 0 saturated heterocycles. The molecule has 24 heavy (non-hydrogen) atoms. The molecule has 0 radical (unpaired) electrons. The van der Waals surface area contributed by atoms with Crippen molar-refractivity contribution < 1.29 is 14.7 Å². The molecule has 142 valence electrons. The largest absolute Gasteiger partial charge is 0.480 e. The van der Waals surface area contributed by atoms with Gasteiger partial charge in [-0.1, -0.05) is 78.1 Å². The molecular weight excluding hydrogens is 302 g/mol. The van der Waals surface area contributed by atoms with Crippen LogP contribution in [0.2, 0.25) is 0 Å². The lowest BCUT2D eigenvalue weighted by molar-refractivity contribution is -0.139. The predicted octanol–water partition coefficient (Wildman–Crippen LogP) is 5.08. The van der Waals surface area contributed by atoms with Crippen molar-refractivity contribution in [2.45, 2.75) is 110 Å². The number of carbonyl (C=O) groups excluding carboxylic acids is 1. The third-order valence-electron chi connectivity index (χ3n) is 4.61. The summed E-state index contributed by atoms with van der Waals surface area (Å²) in [5.41, 5.74) is 5.50. The molecule has 0 aliphatic rings. The van der Waals surface area contributed by atoms with Gasteiger partial charge in [-0.3, -0.25) is 9.59 Å². The Morgan fingerprint density at radius 3 is 1.79 bits per heavy atom. The number of carboxylic acid groups (broad SMARTS) is 1. The van der Waals surface area contributed by atoms with Gasteiger partial charge in [-0.25, -0.2) is 0 Å².